The fourth-order valence-corrected chi connectivity index (χ4v) is 2.19. The highest BCUT2D eigenvalue weighted by Gasteiger charge is 2.15. The molecule has 102 valence electrons. The summed E-state index contributed by atoms with van der Waals surface area (Å²) in [5, 5.41) is 16.5. The molecule has 1 saturated heterocycles. The smallest absolute Gasteiger partial charge is 0.269 e. The van der Waals surface area contributed by atoms with Crippen molar-refractivity contribution in [1.29, 1.82) is 0 Å². The van der Waals surface area contributed by atoms with Crippen molar-refractivity contribution in [1.82, 2.24) is 5.32 Å². The lowest BCUT2D eigenvalue weighted by molar-refractivity contribution is -0.384. The van der Waals surface area contributed by atoms with Crippen molar-refractivity contribution in [3.63, 3.8) is 0 Å². The molecule has 2 N–H and O–H groups in total. The number of amides is 1. The van der Waals surface area contributed by atoms with Gasteiger partial charge >= 0.3 is 0 Å². The first-order chi connectivity index (χ1) is 9.15. The van der Waals surface area contributed by atoms with E-state index in [1.807, 2.05) is 0 Å². The van der Waals surface area contributed by atoms with Gasteiger partial charge in [0.15, 0.2) is 0 Å². The molecule has 0 aliphatic carbocycles. The number of anilines is 1. The van der Waals surface area contributed by atoms with Gasteiger partial charge in [-0.25, -0.2) is 0 Å². The number of nitrogens with one attached hydrogen (secondary N) is 2. The van der Waals surface area contributed by atoms with Gasteiger partial charge in [0.25, 0.3) is 5.69 Å². The number of nitrogens with zero attached hydrogens (tertiary/aromatic N) is 1. The summed E-state index contributed by atoms with van der Waals surface area (Å²) in [4.78, 5) is 21.8. The van der Waals surface area contributed by atoms with Crippen molar-refractivity contribution < 1.29 is 9.72 Å². The Balaban J connectivity index is 1.79. The highest BCUT2D eigenvalue weighted by atomic mass is 16.6. The van der Waals surface area contributed by atoms with Gasteiger partial charge in [-0.2, -0.15) is 0 Å². The highest BCUT2D eigenvalue weighted by molar-refractivity contribution is 5.90. The molecule has 2 rings (SSSR count). The van der Waals surface area contributed by atoms with Crippen molar-refractivity contribution in [2.45, 2.75) is 19.3 Å². The van der Waals surface area contributed by atoms with Crippen LogP contribution in [0.15, 0.2) is 24.3 Å². The lowest BCUT2D eigenvalue weighted by Crippen LogP contribution is -2.14. The number of nitro groups is 1. The quantitative estimate of drug-likeness (QED) is 0.628. The molecule has 6 nitrogen and oxygen atoms in total. The fraction of sp³-hybridized carbons (Fsp3) is 0.462. The maximum absolute atomic E-state index is 11.7. The number of hydrogen-bond acceptors (Lipinski definition) is 4. The Morgan fingerprint density at radius 1 is 1.42 bits per heavy atom. The lowest BCUT2D eigenvalue weighted by Gasteiger charge is -2.08. The van der Waals surface area contributed by atoms with Gasteiger partial charge < -0.3 is 10.6 Å². The van der Waals surface area contributed by atoms with Crippen LogP contribution >= 0.6 is 0 Å². The summed E-state index contributed by atoms with van der Waals surface area (Å²) in [7, 11) is 0. The molecule has 1 aromatic carbocycles. The maximum atomic E-state index is 11.7. The number of rotatable bonds is 5. The predicted octanol–water partition coefficient (Wildman–Crippen LogP) is 1.92. The van der Waals surface area contributed by atoms with Crippen LogP contribution in [0.25, 0.3) is 0 Å². The minimum absolute atomic E-state index is 0.0232. The third kappa shape index (κ3) is 4.03. The van der Waals surface area contributed by atoms with Gasteiger partial charge in [-0.15, -0.1) is 0 Å². The van der Waals surface area contributed by atoms with Crippen molar-refractivity contribution in [2.24, 2.45) is 5.92 Å². The molecule has 6 heteroatoms. The van der Waals surface area contributed by atoms with Crippen LogP contribution in [0.4, 0.5) is 11.4 Å². The van der Waals surface area contributed by atoms with Crippen LogP contribution < -0.4 is 10.6 Å². The topological polar surface area (TPSA) is 84.3 Å². The van der Waals surface area contributed by atoms with E-state index in [1.165, 1.54) is 12.1 Å². The summed E-state index contributed by atoms with van der Waals surface area (Å²) in [6.07, 6.45) is 2.50. The minimum atomic E-state index is -0.460. The first-order valence-corrected chi connectivity index (χ1v) is 6.40. The summed E-state index contributed by atoms with van der Waals surface area (Å²) in [6.45, 7) is 2.03. The van der Waals surface area contributed by atoms with E-state index < -0.39 is 4.92 Å². The van der Waals surface area contributed by atoms with E-state index in [4.69, 9.17) is 0 Å². The Labute approximate surface area is 111 Å². The van der Waals surface area contributed by atoms with Gasteiger partial charge in [0.1, 0.15) is 0 Å². The van der Waals surface area contributed by atoms with Gasteiger partial charge in [-0.3, -0.25) is 14.9 Å². The summed E-state index contributed by atoms with van der Waals surface area (Å²) < 4.78 is 0. The van der Waals surface area contributed by atoms with Gasteiger partial charge in [-0.1, -0.05) is 0 Å². The molecule has 1 heterocycles. The van der Waals surface area contributed by atoms with E-state index in [9.17, 15) is 14.9 Å². The second-order valence-electron chi connectivity index (χ2n) is 4.75. The zero-order valence-corrected chi connectivity index (χ0v) is 10.6. The third-order valence-electron chi connectivity index (χ3n) is 3.30. The van der Waals surface area contributed by atoms with Crippen LogP contribution in [0.2, 0.25) is 0 Å². The van der Waals surface area contributed by atoms with Crippen LogP contribution in [0.5, 0.6) is 0 Å². The minimum Gasteiger partial charge on any atom is -0.326 e. The molecule has 0 saturated carbocycles. The second kappa shape index (κ2) is 6.29. The normalized spacial score (nSPS) is 18.2. The molecule has 1 amide bonds. The first kappa shape index (κ1) is 13.5. The van der Waals surface area contributed by atoms with E-state index >= 15 is 0 Å². The molecule has 19 heavy (non-hydrogen) atoms. The fourth-order valence-electron chi connectivity index (χ4n) is 2.19. The molecule has 0 spiro atoms. The Morgan fingerprint density at radius 2 is 2.16 bits per heavy atom. The Kier molecular flexibility index (Phi) is 4.46. The van der Waals surface area contributed by atoms with Crippen LogP contribution in [0.3, 0.4) is 0 Å². The number of nitro benzene ring substituents is 1. The molecule has 1 aliphatic rings. The SMILES string of the molecule is O=C(CCC1CCNC1)Nc1ccc([N+](=O)[O-])cc1. The zero-order chi connectivity index (χ0) is 13.7. The monoisotopic (exact) mass is 263 g/mol. The first-order valence-electron chi connectivity index (χ1n) is 6.40. The van der Waals surface area contributed by atoms with Crippen molar-refractivity contribution >= 4 is 17.3 Å². The Hall–Kier alpha value is -1.95. The Morgan fingerprint density at radius 3 is 2.74 bits per heavy atom. The summed E-state index contributed by atoms with van der Waals surface area (Å²) in [5.41, 5.74) is 0.621. The molecule has 1 aliphatic heterocycles. The van der Waals surface area contributed by atoms with E-state index in [0.717, 1.165) is 25.9 Å². The average Bonchev–Trinajstić information content (AvgIpc) is 2.90. The van der Waals surface area contributed by atoms with Crippen molar-refractivity contribution in [2.75, 3.05) is 18.4 Å². The number of hydrogen-bond donors (Lipinski definition) is 2. The summed E-state index contributed by atoms with van der Waals surface area (Å²) >= 11 is 0. The van der Waals surface area contributed by atoms with Crippen LogP contribution in [0.1, 0.15) is 19.3 Å². The number of carbonyl (C=O) groups excluding carboxylic acids is 1. The Bertz CT molecular complexity index is 453. The molecule has 1 unspecified atom stereocenters. The molecular weight excluding hydrogens is 246 g/mol. The molecule has 1 atom stereocenters. The van der Waals surface area contributed by atoms with Crippen LogP contribution in [0, 0.1) is 16.0 Å². The van der Waals surface area contributed by atoms with E-state index in [2.05, 4.69) is 10.6 Å². The largest absolute Gasteiger partial charge is 0.326 e. The standard InChI is InChI=1S/C13H17N3O3/c17-13(6-1-10-7-8-14-9-10)15-11-2-4-12(5-3-11)16(18)19/h2-5,10,14H,1,6-9H2,(H,15,17). The van der Waals surface area contributed by atoms with Crippen LogP contribution in [-0.4, -0.2) is 23.9 Å². The highest BCUT2D eigenvalue weighted by Crippen LogP contribution is 2.17. The molecule has 1 fully saturated rings. The van der Waals surface area contributed by atoms with Crippen molar-refractivity contribution in [3.05, 3.63) is 34.4 Å². The van der Waals surface area contributed by atoms with Crippen molar-refractivity contribution in [3.8, 4) is 0 Å². The number of benzene rings is 1. The van der Waals surface area contributed by atoms with Gasteiger partial charge in [-0.05, 0) is 44.0 Å². The van der Waals surface area contributed by atoms with Gasteiger partial charge in [0, 0.05) is 24.2 Å². The molecular formula is C13H17N3O3. The average molecular weight is 263 g/mol. The molecule has 0 aromatic heterocycles. The van der Waals surface area contributed by atoms with E-state index in [1.54, 1.807) is 12.1 Å². The van der Waals surface area contributed by atoms with E-state index in [0.29, 0.717) is 18.0 Å². The molecule has 0 bridgehead atoms. The third-order valence-corrected chi connectivity index (χ3v) is 3.30. The zero-order valence-electron chi connectivity index (χ0n) is 10.6. The van der Waals surface area contributed by atoms with Gasteiger partial charge in [0.2, 0.25) is 5.91 Å². The lowest BCUT2D eigenvalue weighted by atomic mass is 10.0. The van der Waals surface area contributed by atoms with Gasteiger partial charge in [0.05, 0.1) is 4.92 Å². The van der Waals surface area contributed by atoms with E-state index in [-0.39, 0.29) is 11.6 Å². The number of non-ortho nitro benzene ring substituents is 1. The van der Waals surface area contributed by atoms with Crippen LogP contribution in [-0.2, 0) is 4.79 Å². The number of carbonyl (C=O) groups is 1. The predicted molar refractivity (Wildman–Crippen MR) is 71.9 cm³/mol. The molecule has 1 aromatic rings. The summed E-state index contributed by atoms with van der Waals surface area (Å²) in [6, 6.07) is 5.87. The maximum Gasteiger partial charge on any atom is 0.269 e. The summed E-state index contributed by atoms with van der Waals surface area (Å²) in [5.74, 6) is 0.545. The second-order valence-corrected chi connectivity index (χ2v) is 4.75. The molecule has 0 radical (unpaired) electrons.